The van der Waals surface area contributed by atoms with Crippen molar-refractivity contribution in [2.75, 3.05) is 5.33 Å². The Balaban J connectivity index is 2.04. The van der Waals surface area contributed by atoms with Crippen LogP contribution in [0, 0.1) is 5.41 Å². The molecule has 12 heavy (non-hydrogen) atoms. The largest absolute Gasteiger partial charge is 0.248 e. The number of thiazole rings is 1. The van der Waals surface area contributed by atoms with Gasteiger partial charge in [-0.25, -0.2) is 4.98 Å². The van der Waals surface area contributed by atoms with Crippen LogP contribution < -0.4 is 0 Å². The molecule has 1 fully saturated rings. The molecule has 0 atom stereocenters. The average Bonchev–Trinajstić information content (AvgIpc) is 2.71. The Labute approximate surface area is 92.8 Å². The van der Waals surface area contributed by atoms with Crippen molar-refractivity contribution in [3.8, 4) is 0 Å². The van der Waals surface area contributed by atoms with Gasteiger partial charge < -0.3 is 0 Å². The second-order valence-corrected chi connectivity index (χ2v) is 6.42. The summed E-state index contributed by atoms with van der Waals surface area (Å²) in [6, 6.07) is 0. The first-order chi connectivity index (χ1) is 5.74. The van der Waals surface area contributed by atoms with Crippen LogP contribution in [0.25, 0.3) is 0 Å². The van der Waals surface area contributed by atoms with E-state index >= 15 is 0 Å². The quantitative estimate of drug-likeness (QED) is 0.777. The summed E-state index contributed by atoms with van der Waals surface area (Å²) in [4.78, 5) is 4.34. The number of hydrogen-bond donors (Lipinski definition) is 0. The minimum atomic E-state index is 0.553. The van der Waals surface area contributed by atoms with E-state index < -0.39 is 0 Å². The van der Waals surface area contributed by atoms with Gasteiger partial charge in [-0.2, -0.15) is 0 Å². The molecule has 2 rings (SSSR count). The molecule has 0 spiro atoms. The van der Waals surface area contributed by atoms with Gasteiger partial charge in [-0.05, 0) is 34.2 Å². The van der Waals surface area contributed by atoms with Gasteiger partial charge in [-0.15, -0.1) is 11.3 Å². The number of rotatable bonds is 3. The first kappa shape index (κ1) is 9.16. The zero-order valence-corrected chi connectivity index (χ0v) is 10.5. The summed E-state index contributed by atoms with van der Waals surface area (Å²) in [5, 5.41) is 2.39. The maximum atomic E-state index is 4.34. The van der Waals surface area contributed by atoms with Crippen molar-refractivity contribution < 1.29 is 0 Å². The van der Waals surface area contributed by atoms with Crippen molar-refractivity contribution in [3.05, 3.63) is 15.0 Å². The van der Waals surface area contributed by atoms with Gasteiger partial charge in [0.1, 0.15) is 0 Å². The molecule has 1 aromatic heterocycles. The molecule has 1 nitrogen and oxygen atoms in total. The molecule has 0 radical (unpaired) electrons. The average molecular weight is 311 g/mol. The molecule has 0 bridgehead atoms. The molecule has 0 saturated heterocycles. The minimum Gasteiger partial charge on any atom is -0.248 e. The Hall–Kier alpha value is 0.590. The van der Waals surface area contributed by atoms with Gasteiger partial charge in [0.2, 0.25) is 0 Å². The van der Waals surface area contributed by atoms with Crippen LogP contribution in [0.4, 0.5) is 0 Å². The highest BCUT2D eigenvalue weighted by molar-refractivity contribution is 9.11. The zero-order chi connectivity index (χ0) is 8.60. The van der Waals surface area contributed by atoms with Gasteiger partial charge in [0.25, 0.3) is 0 Å². The van der Waals surface area contributed by atoms with Crippen LogP contribution >= 0.6 is 43.2 Å². The smallest absolute Gasteiger partial charge is 0.0942 e. The summed E-state index contributed by atoms with van der Waals surface area (Å²) in [6.45, 7) is 0. The molecular weight excluding hydrogens is 302 g/mol. The van der Waals surface area contributed by atoms with Crippen molar-refractivity contribution in [2.24, 2.45) is 5.41 Å². The van der Waals surface area contributed by atoms with Crippen LogP contribution in [0.3, 0.4) is 0 Å². The highest BCUT2D eigenvalue weighted by Gasteiger charge is 2.42. The van der Waals surface area contributed by atoms with E-state index in [1.54, 1.807) is 11.3 Å². The monoisotopic (exact) mass is 309 g/mol. The summed E-state index contributed by atoms with van der Waals surface area (Å²) < 4.78 is 1.14. The SMILES string of the molecule is BrCC1(Cc2ncc(Br)s2)CC1. The number of aromatic nitrogens is 1. The molecule has 0 amide bonds. The third-order valence-corrected chi connectivity index (χ3v) is 4.96. The lowest BCUT2D eigenvalue weighted by molar-refractivity contribution is 0.584. The first-order valence-corrected chi connectivity index (χ1v) is 6.63. The molecule has 0 unspecified atom stereocenters. The van der Waals surface area contributed by atoms with Gasteiger partial charge >= 0.3 is 0 Å². The number of alkyl halides is 1. The van der Waals surface area contributed by atoms with E-state index in [0.29, 0.717) is 5.41 Å². The fraction of sp³-hybridized carbons (Fsp3) is 0.625. The van der Waals surface area contributed by atoms with Gasteiger partial charge in [-0.3, -0.25) is 0 Å². The van der Waals surface area contributed by atoms with Crippen molar-refractivity contribution in [1.29, 1.82) is 0 Å². The van der Waals surface area contributed by atoms with Crippen LogP contribution in [0.2, 0.25) is 0 Å². The van der Waals surface area contributed by atoms with Crippen molar-refractivity contribution in [2.45, 2.75) is 19.3 Å². The number of halogens is 2. The van der Waals surface area contributed by atoms with Gasteiger partial charge in [0.05, 0.1) is 15.0 Å². The minimum absolute atomic E-state index is 0.553. The van der Waals surface area contributed by atoms with Crippen LogP contribution in [0.1, 0.15) is 17.8 Å². The highest BCUT2D eigenvalue weighted by atomic mass is 79.9. The fourth-order valence-corrected chi connectivity index (χ4v) is 3.46. The third-order valence-electron chi connectivity index (χ3n) is 2.29. The van der Waals surface area contributed by atoms with E-state index in [1.807, 2.05) is 6.20 Å². The summed E-state index contributed by atoms with van der Waals surface area (Å²) in [5.41, 5.74) is 0.553. The second kappa shape index (κ2) is 3.39. The van der Waals surface area contributed by atoms with E-state index in [0.717, 1.165) is 15.5 Å². The van der Waals surface area contributed by atoms with E-state index in [1.165, 1.54) is 17.8 Å². The van der Waals surface area contributed by atoms with Crippen LogP contribution in [-0.4, -0.2) is 10.3 Å². The standard InChI is InChI=1S/C8H9Br2NS/c9-5-8(1-2-8)3-7-11-4-6(10)12-7/h4H,1-3,5H2. The van der Waals surface area contributed by atoms with Gasteiger partial charge in [0, 0.05) is 11.8 Å². The summed E-state index contributed by atoms with van der Waals surface area (Å²) in [5.74, 6) is 0. The summed E-state index contributed by atoms with van der Waals surface area (Å²) in [7, 11) is 0. The van der Waals surface area contributed by atoms with Gasteiger partial charge in [-0.1, -0.05) is 15.9 Å². The van der Waals surface area contributed by atoms with Crippen molar-refractivity contribution in [3.63, 3.8) is 0 Å². The molecule has 1 saturated carbocycles. The molecule has 0 aromatic carbocycles. The normalized spacial score (nSPS) is 19.5. The zero-order valence-electron chi connectivity index (χ0n) is 6.52. The molecule has 0 aliphatic heterocycles. The Morgan fingerprint density at radius 1 is 1.58 bits per heavy atom. The van der Waals surface area contributed by atoms with E-state index in [9.17, 15) is 0 Å². The number of nitrogens with zero attached hydrogens (tertiary/aromatic N) is 1. The lowest BCUT2D eigenvalue weighted by atomic mass is 10.1. The molecular formula is C8H9Br2NS. The van der Waals surface area contributed by atoms with E-state index in [-0.39, 0.29) is 0 Å². The Morgan fingerprint density at radius 2 is 2.33 bits per heavy atom. The van der Waals surface area contributed by atoms with Crippen LogP contribution in [-0.2, 0) is 6.42 Å². The molecule has 4 heteroatoms. The summed E-state index contributed by atoms with van der Waals surface area (Å²) in [6.07, 6.45) is 5.75. The topological polar surface area (TPSA) is 12.9 Å². The fourth-order valence-electron chi connectivity index (χ4n) is 1.22. The number of hydrogen-bond acceptors (Lipinski definition) is 2. The molecule has 1 aromatic rings. The predicted octanol–water partition coefficient (Wildman–Crippen LogP) is 3.62. The lowest BCUT2D eigenvalue weighted by Crippen LogP contribution is -2.05. The Bertz CT molecular complexity index is 280. The molecule has 1 heterocycles. The predicted molar refractivity (Wildman–Crippen MR) is 59.0 cm³/mol. The van der Waals surface area contributed by atoms with E-state index in [4.69, 9.17) is 0 Å². The molecule has 1 aliphatic rings. The first-order valence-electron chi connectivity index (χ1n) is 3.90. The molecule has 0 N–H and O–H groups in total. The van der Waals surface area contributed by atoms with Gasteiger partial charge in [0.15, 0.2) is 0 Å². The van der Waals surface area contributed by atoms with Crippen molar-refractivity contribution >= 4 is 43.2 Å². The maximum Gasteiger partial charge on any atom is 0.0942 e. The third kappa shape index (κ3) is 1.91. The lowest BCUT2D eigenvalue weighted by Gasteiger charge is -2.06. The molecule has 66 valence electrons. The molecule has 1 aliphatic carbocycles. The van der Waals surface area contributed by atoms with E-state index in [2.05, 4.69) is 36.8 Å². The maximum absolute atomic E-state index is 4.34. The Kier molecular flexibility index (Phi) is 2.58. The Morgan fingerprint density at radius 3 is 2.75 bits per heavy atom. The highest BCUT2D eigenvalue weighted by Crippen LogP contribution is 2.50. The van der Waals surface area contributed by atoms with Crippen LogP contribution in [0.5, 0.6) is 0 Å². The van der Waals surface area contributed by atoms with Crippen molar-refractivity contribution in [1.82, 2.24) is 4.98 Å². The second-order valence-electron chi connectivity index (χ2n) is 3.37. The summed E-state index contributed by atoms with van der Waals surface area (Å²) >= 11 is 8.74. The van der Waals surface area contributed by atoms with Crippen LogP contribution in [0.15, 0.2) is 9.98 Å².